The molecule has 0 aliphatic heterocycles. The van der Waals surface area contributed by atoms with Gasteiger partial charge in [-0.15, -0.1) is 0 Å². The van der Waals surface area contributed by atoms with Crippen LogP contribution in [0.4, 0.5) is 0 Å². The van der Waals surface area contributed by atoms with E-state index in [1.807, 2.05) is 24.3 Å². The number of ether oxygens (including phenoxy) is 2. The molecule has 2 aromatic rings. The van der Waals surface area contributed by atoms with E-state index in [1.165, 1.54) is 0 Å². The van der Waals surface area contributed by atoms with Crippen LogP contribution in [0.5, 0.6) is 17.2 Å². The second-order valence-corrected chi connectivity index (χ2v) is 4.10. The van der Waals surface area contributed by atoms with E-state index in [1.54, 1.807) is 18.3 Å². The van der Waals surface area contributed by atoms with Gasteiger partial charge in [0.1, 0.15) is 10.9 Å². The highest BCUT2D eigenvalue weighted by Gasteiger charge is 2.05. The largest absolute Gasteiger partial charge is 0.490 e. The van der Waals surface area contributed by atoms with E-state index in [4.69, 9.17) is 21.1 Å². The average Bonchev–Trinajstić information content (AvgIpc) is 2.38. The first-order valence-corrected chi connectivity index (χ1v) is 6.18. The van der Waals surface area contributed by atoms with Crippen LogP contribution in [-0.4, -0.2) is 11.6 Å². The molecule has 0 atom stereocenters. The average molecular weight is 264 g/mol. The molecule has 94 valence electrons. The summed E-state index contributed by atoms with van der Waals surface area (Å²) < 4.78 is 11.4. The Kier molecular flexibility index (Phi) is 4.42. The molecule has 0 saturated carbocycles. The number of hydrogen-bond acceptors (Lipinski definition) is 3. The van der Waals surface area contributed by atoms with E-state index in [9.17, 15) is 0 Å². The first-order chi connectivity index (χ1) is 8.79. The molecule has 0 bridgehead atoms. The van der Waals surface area contributed by atoms with Crippen LogP contribution in [0.3, 0.4) is 0 Å². The molecule has 0 fully saturated rings. The van der Waals surface area contributed by atoms with E-state index in [2.05, 4.69) is 11.9 Å². The first-order valence-electron chi connectivity index (χ1n) is 5.81. The maximum absolute atomic E-state index is 5.81. The quantitative estimate of drug-likeness (QED) is 0.753. The Bertz CT molecular complexity index is 517. The molecule has 4 heteroatoms. The fourth-order valence-corrected chi connectivity index (χ4v) is 1.60. The van der Waals surface area contributed by atoms with Gasteiger partial charge in [-0.2, -0.15) is 0 Å². The van der Waals surface area contributed by atoms with Crippen LogP contribution in [0.2, 0.25) is 5.15 Å². The third kappa shape index (κ3) is 3.37. The molecule has 18 heavy (non-hydrogen) atoms. The van der Waals surface area contributed by atoms with Gasteiger partial charge in [-0.25, -0.2) is 4.98 Å². The fraction of sp³-hybridized carbons (Fsp3) is 0.214. The Hall–Kier alpha value is -1.74. The number of rotatable bonds is 5. The van der Waals surface area contributed by atoms with Gasteiger partial charge in [-0.3, -0.25) is 0 Å². The van der Waals surface area contributed by atoms with Crippen LogP contribution in [0.15, 0.2) is 42.6 Å². The van der Waals surface area contributed by atoms with Crippen molar-refractivity contribution in [1.82, 2.24) is 4.98 Å². The number of hydrogen-bond donors (Lipinski definition) is 0. The number of nitrogens with zero attached hydrogens (tertiary/aromatic N) is 1. The number of benzene rings is 1. The summed E-state index contributed by atoms with van der Waals surface area (Å²) in [6.07, 6.45) is 2.56. The molecule has 0 radical (unpaired) electrons. The molecule has 0 spiro atoms. The highest BCUT2D eigenvalue weighted by molar-refractivity contribution is 6.29. The van der Waals surface area contributed by atoms with Gasteiger partial charge >= 0.3 is 0 Å². The van der Waals surface area contributed by atoms with E-state index in [0.717, 1.165) is 12.2 Å². The molecule has 0 unspecified atom stereocenters. The lowest BCUT2D eigenvalue weighted by Crippen LogP contribution is -1.97. The lowest BCUT2D eigenvalue weighted by atomic mass is 10.3. The van der Waals surface area contributed by atoms with Crippen LogP contribution in [0, 0.1) is 0 Å². The van der Waals surface area contributed by atoms with Gasteiger partial charge in [0.15, 0.2) is 11.5 Å². The maximum atomic E-state index is 5.81. The lowest BCUT2D eigenvalue weighted by molar-refractivity contribution is 0.302. The zero-order chi connectivity index (χ0) is 12.8. The predicted molar refractivity (Wildman–Crippen MR) is 71.5 cm³/mol. The smallest absolute Gasteiger partial charge is 0.169 e. The van der Waals surface area contributed by atoms with E-state index < -0.39 is 0 Å². The minimum Gasteiger partial charge on any atom is -0.490 e. The molecular formula is C14H14ClNO2. The number of halogens is 1. The fourth-order valence-electron chi connectivity index (χ4n) is 1.44. The van der Waals surface area contributed by atoms with Gasteiger partial charge in [0.2, 0.25) is 0 Å². The molecule has 0 N–H and O–H groups in total. The van der Waals surface area contributed by atoms with Crippen molar-refractivity contribution >= 4 is 11.6 Å². The van der Waals surface area contributed by atoms with E-state index >= 15 is 0 Å². The number of para-hydroxylation sites is 2. The summed E-state index contributed by atoms with van der Waals surface area (Å²) in [5.41, 5.74) is 0. The standard InChI is InChI=1S/C14H14ClNO2/c1-2-9-17-12-5-3-4-6-13(12)18-11-7-8-16-14(15)10-11/h3-8,10H,2,9H2,1H3. The van der Waals surface area contributed by atoms with Crippen molar-refractivity contribution in [2.45, 2.75) is 13.3 Å². The Morgan fingerprint density at radius 2 is 1.94 bits per heavy atom. The molecule has 0 saturated heterocycles. The normalized spacial score (nSPS) is 10.1. The van der Waals surface area contributed by atoms with Gasteiger partial charge < -0.3 is 9.47 Å². The van der Waals surface area contributed by atoms with Crippen LogP contribution >= 0.6 is 11.6 Å². The molecule has 3 nitrogen and oxygen atoms in total. The molecular weight excluding hydrogens is 250 g/mol. The molecule has 1 heterocycles. The molecule has 1 aromatic carbocycles. The summed E-state index contributed by atoms with van der Waals surface area (Å²) >= 11 is 5.81. The third-order valence-electron chi connectivity index (χ3n) is 2.24. The Morgan fingerprint density at radius 1 is 1.17 bits per heavy atom. The van der Waals surface area contributed by atoms with Crippen LogP contribution in [0.1, 0.15) is 13.3 Å². The summed E-state index contributed by atoms with van der Waals surface area (Å²) in [5, 5.41) is 0.402. The molecule has 1 aromatic heterocycles. The maximum Gasteiger partial charge on any atom is 0.169 e. The molecule has 0 aliphatic carbocycles. The van der Waals surface area contributed by atoms with E-state index in [-0.39, 0.29) is 0 Å². The first kappa shape index (κ1) is 12.7. The Morgan fingerprint density at radius 3 is 2.67 bits per heavy atom. The van der Waals surface area contributed by atoms with Gasteiger partial charge in [-0.1, -0.05) is 30.7 Å². The summed E-state index contributed by atoms with van der Waals surface area (Å²) in [6.45, 7) is 2.73. The van der Waals surface area contributed by atoms with Crippen molar-refractivity contribution in [2.24, 2.45) is 0 Å². The zero-order valence-electron chi connectivity index (χ0n) is 10.1. The summed E-state index contributed by atoms with van der Waals surface area (Å²) in [6, 6.07) is 11.0. The minimum atomic E-state index is 0.402. The Balaban J connectivity index is 2.17. The van der Waals surface area contributed by atoms with Crippen molar-refractivity contribution in [3.05, 3.63) is 47.7 Å². The van der Waals surface area contributed by atoms with E-state index in [0.29, 0.717) is 23.3 Å². The van der Waals surface area contributed by atoms with Crippen LogP contribution in [0.25, 0.3) is 0 Å². The highest BCUT2D eigenvalue weighted by Crippen LogP contribution is 2.31. The predicted octanol–water partition coefficient (Wildman–Crippen LogP) is 4.32. The lowest BCUT2D eigenvalue weighted by Gasteiger charge is -2.11. The van der Waals surface area contributed by atoms with Crippen molar-refractivity contribution in [3.63, 3.8) is 0 Å². The van der Waals surface area contributed by atoms with Gasteiger partial charge in [0.25, 0.3) is 0 Å². The van der Waals surface area contributed by atoms with Crippen molar-refractivity contribution in [2.75, 3.05) is 6.61 Å². The zero-order valence-corrected chi connectivity index (χ0v) is 10.9. The van der Waals surface area contributed by atoms with Crippen molar-refractivity contribution in [3.8, 4) is 17.2 Å². The van der Waals surface area contributed by atoms with Gasteiger partial charge in [0.05, 0.1) is 6.61 Å². The highest BCUT2D eigenvalue weighted by atomic mass is 35.5. The van der Waals surface area contributed by atoms with Gasteiger partial charge in [0, 0.05) is 12.3 Å². The Labute approximate surface area is 111 Å². The van der Waals surface area contributed by atoms with Crippen LogP contribution in [-0.2, 0) is 0 Å². The third-order valence-corrected chi connectivity index (χ3v) is 2.44. The second-order valence-electron chi connectivity index (χ2n) is 3.71. The summed E-state index contributed by atoms with van der Waals surface area (Å²) in [4.78, 5) is 3.91. The molecule has 0 amide bonds. The van der Waals surface area contributed by atoms with Crippen LogP contribution < -0.4 is 9.47 Å². The van der Waals surface area contributed by atoms with Crippen molar-refractivity contribution < 1.29 is 9.47 Å². The minimum absolute atomic E-state index is 0.402. The molecule has 2 rings (SSSR count). The monoisotopic (exact) mass is 263 g/mol. The van der Waals surface area contributed by atoms with Gasteiger partial charge in [-0.05, 0) is 24.6 Å². The number of pyridine rings is 1. The van der Waals surface area contributed by atoms with Crippen molar-refractivity contribution in [1.29, 1.82) is 0 Å². The summed E-state index contributed by atoms with van der Waals surface area (Å²) in [7, 11) is 0. The summed E-state index contributed by atoms with van der Waals surface area (Å²) in [5.74, 6) is 2.04. The second kappa shape index (κ2) is 6.26. The SMILES string of the molecule is CCCOc1ccccc1Oc1ccnc(Cl)c1. The topological polar surface area (TPSA) is 31.4 Å². The number of aromatic nitrogens is 1. The molecule has 0 aliphatic rings.